The molecule has 0 bridgehead atoms. The Morgan fingerprint density at radius 3 is 2.19 bits per heavy atom. The summed E-state index contributed by atoms with van der Waals surface area (Å²) in [6, 6.07) is 16.1. The smallest absolute Gasteiger partial charge is 0.255 e. The van der Waals surface area contributed by atoms with E-state index in [9.17, 15) is 14.4 Å². The van der Waals surface area contributed by atoms with Crippen molar-refractivity contribution in [1.82, 2.24) is 14.9 Å². The van der Waals surface area contributed by atoms with Gasteiger partial charge in [-0.05, 0) is 18.2 Å². The van der Waals surface area contributed by atoms with Gasteiger partial charge < -0.3 is 14.4 Å². The first-order chi connectivity index (χ1) is 18.0. The molecule has 5 rings (SSSR count). The molecule has 7 nitrogen and oxygen atoms in total. The van der Waals surface area contributed by atoms with Crippen molar-refractivity contribution in [1.29, 1.82) is 0 Å². The number of ether oxygens (including phenoxy) is 1. The molecule has 9 heteroatoms. The molecule has 0 atom stereocenters. The summed E-state index contributed by atoms with van der Waals surface area (Å²) in [6.45, 7) is 0.384. The van der Waals surface area contributed by atoms with Crippen LogP contribution in [0.3, 0.4) is 0 Å². The molecular formula is C28H19Cl2N3O4. The molecule has 0 unspecified atom stereocenters. The zero-order chi connectivity index (χ0) is 26.1. The van der Waals surface area contributed by atoms with Gasteiger partial charge in [-0.2, -0.15) is 0 Å². The fourth-order valence-corrected chi connectivity index (χ4v) is 5.02. The first-order valence-corrected chi connectivity index (χ1v) is 12.0. The molecule has 1 aliphatic rings. The Balaban J connectivity index is 1.57. The molecule has 1 amide bonds. The monoisotopic (exact) mass is 531 g/mol. The minimum Gasteiger partial charge on any atom is -0.480 e. The lowest BCUT2D eigenvalue weighted by Gasteiger charge is -2.14. The van der Waals surface area contributed by atoms with E-state index in [2.05, 4.69) is 9.97 Å². The minimum absolute atomic E-state index is 0.0343. The zero-order valence-electron chi connectivity index (χ0n) is 19.6. The first kappa shape index (κ1) is 24.6. The molecular weight excluding hydrogens is 513 g/mol. The van der Waals surface area contributed by atoms with Gasteiger partial charge in [-0.3, -0.25) is 14.6 Å². The number of rotatable bonds is 7. The van der Waals surface area contributed by atoms with Crippen LogP contribution >= 0.6 is 23.2 Å². The number of nitrogens with zero attached hydrogens (tertiary/aromatic N) is 3. The molecule has 2 aromatic heterocycles. The van der Waals surface area contributed by atoms with Gasteiger partial charge in [0.05, 0.1) is 40.7 Å². The van der Waals surface area contributed by atoms with Gasteiger partial charge in [-0.1, -0.05) is 59.6 Å². The Labute approximate surface area is 222 Å². The van der Waals surface area contributed by atoms with Crippen molar-refractivity contribution in [2.24, 2.45) is 0 Å². The van der Waals surface area contributed by atoms with Crippen LogP contribution in [-0.4, -0.2) is 47.0 Å². The SMILES string of the molecule is COc1nc(-c2cccc(-c3cccc(-c4cc5c(cn4)CN(CC=O)C5=O)c3Cl)c2Cl)ccc1C=O. The summed E-state index contributed by atoms with van der Waals surface area (Å²) in [5, 5.41) is 0.850. The van der Waals surface area contributed by atoms with Crippen LogP contribution in [-0.2, 0) is 11.3 Å². The normalized spacial score (nSPS) is 12.4. The van der Waals surface area contributed by atoms with Gasteiger partial charge in [-0.15, -0.1) is 0 Å². The van der Waals surface area contributed by atoms with Crippen LogP contribution < -0.4 is 4.74 Å². The maximum atomic E-state index is 12.7. The van der Waals surface area contributed by atoms with Gasteiger partial charge in [0.25, 0.3) is 5.91 Å². The number of carbonyl (C=O) groups excluding carboxylic acids is 3. The van der Waals surface area contributed by atoms with E-state index in [1.807, 2.05) is 36.4 Å². The number of carbonyl (C=O) groups is 3. The van der Waals surface area contributed by atoms with Gasteiger partial charge >= 0.3 is 0 Å². The fourth-order valence-electron chi connectivity index (χ4n) is 4.37. The molecule has 0 radical (unpaired) electrons. The van der Waals surface area contributed by atoms with Gasteiger partial charge in [0.1, 0.15) is 6.29 Å². The third-order valence-electron chi connectivity index (χ3n) is 6.21. The average Bonchev–Trinajstić information content (AvgIpc) is 3.23. The maximum Gasteiger partial charge on any atom is 0.255 e. The lowest BCUT2D eigenvalue weighted by atomic mass is 9.97. The summed E-state index contributed by atoms with van der Waals surface area (Å²) in [5.74, 6) is -0.00441. The third-order valence-corrected chi connectivity index (χ3v) is 7.02. The number of aromatic nitrogens is 2. The highest BCUT2D eigenvalue weighted by Gasteiger charge is 2.28. The first-order valence-electron chi connectivity index (χ1n) is 11.3. The summed E-state index contributed by atoms with van der Waals surface area (Å²) >= 11 is 13.7. The number of hydrogen-bond acceptors (Lipinski definition) is 6. The topological polar surface area (TPSA) is 89.5 Å². The Morgan fingerprint density at radius 2 is 1.57 bits per heavy atom. The molecule has 0 saturated heterocycles. The lowest BCUT2D eigenvalue weighted by molar-refractivity contribution is -0.108. The molecule has 1 aliphatic heterocycles. The van der Waals surface area contributed by atoms with Crippen molar-refractivity contribution < 1.29 is 19.1 Å². The minimum atomic E-state index is -0.211. The molecule has 0 fully saturated rings. The molecule has 0 aliphatic carbocycles. The Morgan fingerprint density at radius 1 is 0.919 bits per heavy atom. The summed E-state index contributed by atoms with van der Waals surface area (Å²) in [7, 11) is 1.45. The number of fused-ring (bicyclic) bond motifs is 1. The average molecular weight is 532 g/mol. The largest absolute Gasteiger partial charge is 0.480 e. The predicted octanol–water partition coefficient (Wildman–Crippen LogP) is 5.76. The highest BCUT2D eigenvalue weighted by molar-refractivity contribution is 6.39. The van der Waals surface area contributed by atoms with Crippen molar-refractivity contribution in [3.8, 4) is 39.5 Å². The van der Waals surface area contributed by atoms with Gasteiger partial charge in [0, 0.05) is 46.1 Å². The van der Waals surface area contributed by atoms with E-state index >= 15 is 0 Å². The third kappa shape index (κ3) is 4.37. The van der Waals surface area contributed by atoms with Crippen LogP contribution in [0.4, 0.5) is 0 Å². The second kappa shape index (κ2) is 10.1. The summed E-state index contributed by atoms with van der Waals surface area (Å²) in [5.41, 5.74) is 5.33. The van der Waals surface area contributed by atoms with E-state index < -0.39 is 0 Å². The Kier molecular flexibility index (Phi) is 6.74. The van der Waals surface area contributed by atoms with Crippen molar-refractivity contribution in [2.75, 3.05) is 13.7 Å². The van der Waals surface area contributed by atoms with E-state index in [0.29, 0.717) is 73.9 Å². The summed E-state index contributed by atoms with van der Waals surface area (Å²) < 4.78 is 5.24. The van der Waals surface area contributed by atoms with E-state index in [1.165, 1.54) is 12.0 Å². The Bertz CT molecular complexity index is 1570. The van der Waals surface area contributed by atoms with Gasteiger partial charge in [0.2, 0.25) is 5.88 Å². The van der Waals surface area contributed by atoms with Crippen LogP contribution in [0.1, 0.15) is 26.3 Å². The van der Waals surface area contributed by atoms with Crippen molar-refractivity contribution >= 4 is 41.7 Å². The van der Waals surface area contributed by atoms with Gasteiger partial charge in [-0.25, -0.2) is 4.98 Å². The van der Waals surface area contributed by atoms with Crippen molar-refractivity contribution in [3.05, 3.63) is 87.5 Å². The summed E-state index contributed by atoms with van der Waals surface area (Å²) in [6.07, 6.45) is 3.03. The maximum absolute atomic E-state index is 12.7. The van der Waals surface area contributed by atoms with E-state index in [1.54, 1.807) is 24.4 Å². The van der Waals surface area contributed by atoms with Crippen LogP contribution in [0.2, 0.25) is 10.0 Å². The van der Waals surface area contributed by atoms with Crippen LogP contribution in [0, 0.1) is 0 Å². The standard InChI is InChI=1S/C28H19Cl2N3O4/c1-37-27-16(15-35)8-9-23(32-27)20-6-2-4-18(25(20)29)19-5-3-7-21(26(19)30)24-12-22-17(13-31-24)14-33(10-11-34)28(22)36/h2-9,11-13,15H,10,14H2,1H3. The molecule has 2 aromatic carbocycles. The highest BCUT2D eigenvalue weighted by Crippen LogP contribution is 2.42. The molecule has 37 heavy (non-hydrogen) atoms. The molecule has 4 aromatic rings. The van der Waals surface area contributed by atoms with Crippen LogP contribution in [0.15, 0.2) is 60.8 Å². The van der Waals surface area contributed by atoms with Crippen LogP contribution in [0.5, 0.6) is 5.88 Å². The number of methoxy groups -OCH3 is 1. The van der Waals surface area contributed by atoms with E-state index in [-0.39, 0.29) is 18.3 Å². The molecule has 3 heterocycles. The molecule has 0 N–H and O–H groups in total. The number of amides is 1. The molecule has 184 valence electrons. The van der Waals surface area contributed by atoms with E-state index in [0.717, 1.165) is 5.56 Å². The number of halogens is 2. The molecule has 0 saturated carbocycles. The van der Waals surface area contributed by atoms with Crippen molar-refractivity contribution in [2.45, 2.75) is 6.54 Å². The lowest BCUT2D eigenvalue weighted by Crippen LogP contribution is -2.25. The van der Waals surface area contributed by atoms with Crippen LogP contribution in [0.25, 0.3) is 33.6 Å². The number of benzene rings is 2. The fraction of sp³-hybridized carbons (Fsp3) is 0.107. The second-order valence-electron chi connectivity index (χ2n) is 8.33. The highest BCUT2D eigenvalue weighted by atomic mass is 35.5. The number of aldehydes is 2. The van der Waals surface area contributed by atoms with Gasteiger partial charge in [0.15, 0.2) is 6.29 Å². The predicted molar refractivity (Wildman–Crippen MR) is 141 cm³/mol. The van der Waals surface area contributed by atoms with E-state index in [4.69, 9.17) is 27.9 Å². The molecule has 0 spiro atoms. The zero-order valence-corrected chi connectivity index (χ0v) is 21.1. The summed E-state index contributed by atoms with van der Waals surface area (Å²) in [4.78, 5) is 45.3. The van der Waals surface area contributed by atoms with Crippen molar-refractivity contribution in [3.63, 3.8) is 0 Å². The Hall–Kier alpha value is -4.07. The second-order valence-corrected chi connectivity index (χ2v) is 9.08. The number of pyridine rings is 2. The quantitative estimate of drug-likeness (QED) is 0.281. The number of hydrogen-bond donors (Lipinski definition) is 0.